The number of unbranched alkanes of at least 4 members (excludes halogenated alkanes) is 1. The van der Waals surface area contributed by atoms with Gasteiger partial charge in [-0.2, -0.15) is 0 Å². The standard InChI is InChI=1S/C17H18O3/c1-2-3-12-20-17(18)11-13-19-16-10-6-8-14-7-4-5-9-15(14)16/h4-11,13H,2-3,12H2,1H3. The lowest BCUT2D eigenvalue weighted by molar-refractivity contribution is -0.137. The zero-order valence-corrected chi connectivity index (χ0v) is 11.5. The Labute approximate surface area is 118 Å². The van der Waals surface area contributed by atoms with Crippen molar-refractivity contribution in [1.82, 2.24) is 0 Å². The van der Waals surface area contributed by atoms with Gasteiger partial charge in [-0.3, -0.25) is 0 Å². The summed E-state index contributed by atoms with van der Waals surface area (Å²) in [7, 11) is 0. The van der Waals surface area contributed by atoms with Crippen LogP contribution in [0.15, 0.2) is 54.8 Å². The summed E-state index contributed by atoms with van der Waals surface area (Å²) < 4.78 is 10.5. The van der Waals surface area contributed by atoms with Gasteiger partial charge in [-0.1, -0.05) is 49.7 Å². The minimum absolute atomic E-state index is 0.376. The average Bonchev–Trinajstić information content (AvgIpc) is 2.48. The fourth-order valence-corrected chi connectivity index (χ4v) is 1.83. The first kappa shape index (κ1) is 14.1. The highest BCUT2D eigenvalue weighted by Gasteiger charge is 2.00. The van der Waals surface area contributed by atoms with Crippen LogP contribution < -0.4 is 4.74 Å². The van der Waals surface area contributed by atoms with E-state index in [2.05, 4.69) is 0 Å². The highest BCUT2D eigenvalue weighted by molar-refractivity contribution is 5.88. The Bertz CT molecular complexity index is 597. The van der Waals surface area contributed by atoms with Gasteiger partial charge in [0.25, 0.3) is 0 Å². The molecule has 0 fully saturated rings. The summed E-state index contributed by atoms with van der Waals surface area (Å²) in [6, 6.07) is 13.7. The zero-order chi connectivity index (χ0) is 14.2. The van der Waals surface area contributed by atoms with Gasteiger partial charge in [-0.05, 0) is 17.9 Å². The summed E-state index contributed by atoms with van der Waals surface area (Å²) in [6.45, 7) is 2.50. The van der Waals surface area contributed by atoms with E-state index in [9.17, 15) is 4.79 Å². The highest BCUT2D eigenvalue weighted by Crippen LogP contribution is 2.25. The molecule has 2 rings (SSSR count). The van der Waals surface area contributed by atoms with Gasteiger partial charge in [-0.15, -0.1) is 0 Å². The van der Waals surface area contributed by atoms with Gasteiger partial charge in [0.15, 0.2) is 0 Å². The van der Waals surface area contributed by atoms with Crippen molar-refractivity contribution in [2.45, 2.75) is 19.8 Å². The summed E-state index contributed by atoms with van der Waals surface area (Å²) in [6.07, 6.45) is 4.56. The maximum atomic E-state index is 11.4. The van der Waals surface area contributed by atoms with Crippen LogP contribution in [0.3, 0.4) is 0 Å². The van der Waals surface area contributed by atoms with Crippen molar-refractivity contribution in [3.8, 4) is 5.75 Å². The van der Waals surface area contributed by atoms with Crippen molar-refractivity contribution >= 4 is 16.7 Å². The molecule has 104 valence electrons. The Balaban J connectivity index is 1.97. The van der Waals surface area contributed by atoms with E-state index in [4.69, 9.17) is 9.47 Å². The summed E-state index contributed by atoms with van der Waals surface area (Å²) in [5, 5.41) is 2.11. The van der Waals surface area contributed by atoms with Crippen LogP contribution >= 0.6 is 0 Å². The molecule has 0 saturated heterocycles. The quantitative estimate of drug-likeness (QED) is 0.343. The maximum absolute atomic E-state index is 11.4. The van der Waals surface area contributed by atoms with Crippen molar-refractivity contribution in [2.24, 2.45) is 0 Å². The number of fused-ring (bicyclic) bond motifs is 1. The first-order chi connectivity index (χ1) is 9.81. The van der Waals surface area contributed by atoms with E-state index in [1.54, 1.807) is 0 Å². The van der Waals surface area contributed by atoms with E-state index in [-0.39, 0.29) is 5.97 Å². The van der Waals surface area contributed by atoms with Crippen LogP contribution in [0.1, 0.15) is 19.8 Å². The van der Waals surface area contributed by atoms with Gasteiger partial charge in [0.2, 0.25) is 0 Å². The molecule has 0 aliphatic heterocycles. The number of hydrogen-bond donors (Lipinski definition) is 0. The molecule has 0 bridgehead atoms. The first-order valence-corrected chi connectivity index (χ1v) is 6.79. The lowest BCUT2D eigenvalue weighted by atomic mass is 10.1. The normalized spacial score (nSPS) is 10.8. The molecule has 0 aliphatic carbocycles. The Morgan fingerprint density at radius 2 is 1.95 bits per heavy atom. The Morgan fingerprint density at radius 1 is 1.15 bits per heavy atom. The number of ether oxygens (including phenoxy) is 2. The van der Waals surface area contributed by atoms with Crippen LogP contribution in [0, 0.1) is 0 Å². The molecule has 0 aliphatic rings. The molecule has 20 heavy (non-hydrogen) atoms. The fraction of sp³-hybridized carbons (Fsp3) is 0.235. The molecule has 0 saturated carbocycles. The highest BCUT2D eigenvalue weighted by atomic mass is 16.5. The van der Waals surface area contributed by atoms with Crippen molar-refractivity contribution in [2.75, 3.05) is 6.61 Å². The predicted molar refractivity (Wildman–Crippen MR) is 79.6 cm³/mol. The Hall–Kier alpha value is -2.29. The van der Waals surface area contributed by atoms with Gasteiger partial charge in [0, 0.05) is 5.39 Å². The summed E-state index contributed by atoms with van der Waals surface area (Å²) in [5.74, 6) is 0.347. The Kier molecular flexibility index (Phi) is 5.18. The largest absolute Gasteiger partial charge is 0.464 e. The second-order valence-electron chi connectivity index (χ2n) is 4.42. The van der Waals surface area contributed by atoms with Crippen LogP contribution in [0.25, 0.3) is 10.8 Å². The molecular weight excluding hydrogens is 252 g/mol. The third-order valence-corrected chi connectivity index (χ3v) is 2.89. The van der Waals surface area contributed by atoms with E-state index in [1.165, 1.54) is 12.3 Å². The predicted octanol–water partition coefficient (Wildman–Crippen LogP) is 4.08. The van der Waals surface area contributed by atoms with E-state index in [1.807, 2.05) is 49.4 Å². The summed E-state index contributed by atoms with van der Waals surface area (Å²) in [5.41, 5.74) is 0. The van der Waals surface area contributed by atoms with Crippen LogP contribution in [-0.4, -0.2) is 12.6 Å². The number of rotatable bonds is 6. The molecule has 0 aromatic heterocycles. The molecule has 0 atom stereocenters. The summed E-state index contributed by atoms with van der Waals surface area (Å²) in [4.78, 5) is 11.4. The number of benzene rings is 2. The van der Waals surface area contributed by atoms with Crippen LogP contribution in [0.5, 0.6) is 5.75 Å². The van der Waals surface area contributed by atoms with Gasteiger partial charge in [-0.25, -0.2) is 4.79 Å². The lowest BCUT2D eigenvalue weighted by Crippen LogP contribution is -2.02. The molecule has 0 spiro atoms. The van der Waals surface area contributed by atoms with Crippen LogP contribution in [-0.2, 0) is 9.53 Å². The topological polar surface area (TPSA) is 35.5 Å². The van der Waals surface area contributed by atoms with Crippen molar-refractivity contribution in [1.29, 1.82) is 0 Å². The average molecular weight is 270 g/mol. The first-order valence-electron chi connectivity index (χ1n) is 6.79. The minimum Gasteiger partial charge on any atom is -0.464 e. The van der Waals surface area contributed by atoms with Crippen molar-refractivity contribution in [3.63, 3.8) is 0 Å². The monoisotopic (exact) mass is 270 g/mol. The van der Waals surface area contributed by atoms with Gasteiger partial charge < -0.3 is 9.47 Å². The van der Waals surface area contributed by atoms with Crippen LogP contribution in [0.2, 0.25) is 0 Å². The van der Waals surface area contributed by atoms with E-state index < -0.39 is 0 Å². The smallest absolute Gasteiger partial charge is 0.333 e. The molecule has 0 unspecified atom stereocenters. The van der Waals surface area contributed by atoms with Gasteiger partial charge in [0.1, 0.15) is 5.75 Å². The van der Waals surface area contributed by atoms with Crippen molar-refractivity contribution in [3.05, 3.63) is 54.8 Å². The van der Waals surface area contributed by atoms with Gasteiger partial charge in [0.05, 0.1) is 18.9 Å². The molecule has 0 amide bonds. The van der Waals surface area contributed by atoms with E-state index in [0.717, 1.165) is 29.4 Å². The van der Waals surface area contributed by atoms with Gasteiger partial charge >= 0.3 is 5.97 Å². The van der Waals surface area contributed by atoms with Crippen LogP contribution in [0.4, 0.5) is 0 Å². The number of carbonyl (C=O) groups is 1. The van der Waals surface area contributed by atoms with E-state index in [0.29, 0.717) is 6.61 Å². The fourth-order valence-electron chi connectivity index (χ4n) is 1.83. The molecule has 3 heteroatoms. The second kappa shape index (κ2) is 7.34. The van der Waals surface area contributed by atoms with E-state index >= 15 is 0 Å². The number of esters is 1. The molecule has 3 nitrogen and oxygen atoms in total. The maximum Gasteiger partial charge on any atom is 0.333 e. The molecule has 2 aromatic carbocycles. The molecule has 2 aromatic rings. The lowest BCUT2D eigenvalue weighted by Gasteiger charge is -2.05. The summed E-state index contributed by atoms with van der Waals surface area (Å²) >= 11 is 0. The second-order valence-corrected chi connectivity index (χ2v) is 4.42. The minimum atomic E-state index is -0.376. The number of carbonyl (C=O) groups excluding carboxylic acids is 1. The third kappa shape index (κ3) is 3.85. The zero-order valence-electron chi connectivity index (χ0n) is 11.5. The third-order valence-electron chi connectivity index (χ3n) is 2.89. The van der Waals surface area contributed by atoms with Crippen molar-refractivity contribution < 1.29 is 14.3 Å². The number of hydrogen-bond acceptors (Lipinski definition) is 3. The molecule has 0 N–H and O–H groups in total. The molecule has 0 radical (unpaired) electrons. The molecular formula is C17H18O3. The molecule has 0 heterocycles. The Morgan fingerprint density at radius 3 is 2.80 bits per heavy atom. The SMILES string of the molecule is CCCCOC(=O)C=COc1cccc2ccccc12.